The van der Waals surface area contributed by atoms with Gasteiger partial charge in [0.25, 0.3) is 0 Å². The first-order chi connectivity index (χ1) is 13.5. The summed E-state index contributed by atoms with van der Waals surface area (Å²) in [5.74, 6) is 0.762. The van der Waals surface area contributed by atoms with Gasteiger partial charge in [0.1, 0.15) is 24.5 Å². The molecule has 5 nitrogen and oxygen atoms in total. The molecule has 28 heavy (non-hydrogen) atoms. The van der Waals surface area contributed by atoms with Crippen LogP contribution < -0.4 is 14.5 Å². The molecule has 1 atom stereocenters. The van der Waals surface area contributed by atoms with Crippen LogP contribution in [0.2, 0.25) is 5.02 Å². The van der Waals surface area contributed by atoms with Gasteiger partial charge in [-0.2, -0.15) is 0 Å². The Morgan fingerprint density at radius 1 is 1.21 bits per heavy atom. The minimum absolute atomic E-state index is 0.0953. The van der Waals surface area contributed by atoms with E-state index >= 15 is 0 Å². The van der Waals surface area contributed by atoms with Crippen molar-refractivity contribution < 1.29 is 14.4 Å². The second-order valence-electron chi connectivity index (χ2n) is 6.61. The Hall–Kier alpha value is -2.41. The second kappa shape index (κ2) is 9.19. The predicted molar refractivity (Wildman–Crippen MR) is 114 cm³/mol. The molecule has 3 rings (SSSR count). The zero-order valence-electron chi connectivity index (χ0n) is 16.1. The minimum Gasteiger partial charge on any atom is -0.497 e. The summed E-state index contributed by atoms with van der Waals surface area (Å²) < 4.78 is 5.20. The molecule has 0 spiro atoms. The maximum Gasteiger partial charge on any atom is 0.230 e. The number of quaternary nitrogens is 1. The summed E-state index contributed by atoms with van der Waals surface area (Å²) in [5.41, 5.74) is 2.91. The molecule has 3 aromatic rings. The zero-order chi connectivity index (χ0) is 20.1. The van der Waals surface area contributed by atoms with Crippen molar-refractivity contribution in [2.45, 2.75) is 20.0 Å². The number of benzene rings is 2. The van der Waals surface area contributed by atoms with E-state index in [4.69, 9.17) is 16.3 Å². The molecule has 0 aliphatic carbocycles. The fourth-order valence-electron chi connectivity index (χ4n) is 2.99. The highest BCUT2D eigenvalue weighted by Crippen LogP contribution is 2.30. The highest BCUT2D eigenvalue weighted by Gasteiger charge is 2.19. The first-order valence-electron chi connectivity index (χ1n) is 8.91. The van der Waals surface area contributed by atoms with Crippen LogP contribution in [-0.2, 0) is 17.9 Å². The SMILES string of the molecule is COc1ccc(C[NH+](C)Cc2csc(N(C(C)=O)c3cccc(Cl)c3)n2)cc1. The van der Waals surface area contributed by atoms with Gasteiger partial charge in [0, 0.05) is 22.9 Å². The number of nitrogens with one attached hydrogen (secondary N) is 1. The Morgan fingerprint density at radius 3 is 2.61 bits per heavy atom. The maximum atomic E-state index is 12.2. The van der Waals surface area contributed by atoms with Gasteiger partial charge in [0.2, 0.25) is 5.91 Å². The molecule has 0 radical (unpaired) electrons. The summed E-state index contributed by atoms with van der Waals surface area (Å²) >= 11 is 7.55. The van der Waals surface area contributed by atoms with Crippen LogP contribution in [0.3, 0.4) is 0 Å². The van der Waals surface area contributed by atoms with Gasteiger partial charge in [-0.05, 0) is 42.5 Å². The van der Waals surface area contributed by atoms with Crippen LogP contribution >= 0.6 is 22.9 Å². The number of amides is 1. The first kappa shape index (κ1) is 20.3. The number of halogens is 1. The van der Waals surface area contributed by atoms with Gasteiger partial charge >= 0.3 is 0 Å². The Bertz CT molecular complexity index is 943. The number of hydrogen-bond donors (Lipinski definition) is 1. The topological polar surface area (TPSA) is 46.9 Å². The highest BCUT2D eigenvalue weighted by atomic mass is 35.5. The fourth-order valence-corrected chi connectivity index (χ4v) is 4.06. The molecule has 0 fully saturated rings. The van der Waals surface area contributed by atoms with Crippen molar-refractivity contribution >= 4 is 39.7 Å². The lowest BCUT2D eigenvalue weighted by Crippen LogP contribution is -3.06. The Kier molecular flexibility index (Phi) is 6.67. The molecule has 1 unspecified atom stereocenters. The number of aromatic nitrogens is 1. The third-order valence-corrected chi connectivity index (χ3v) is 5.37. The van der Waals surface area contributed by atoms with Crippen molar-refractivity contribution in [2.24, 2.45) is 0 Å². The molecule has 1 aromatic heterocycles. The molecule has 2 aromatic carbocycles. The van der Waals surface area contributed by atoms with E-state index in [2.05, 4.69) is 24.2 Å². The lowest BCUT2D eigenvalue weighted by molar-refractivity contribution is -0.908. The predicted octanol–water partition coefficient (Wildman–Crippen LogP) is 3.70. The summed E-state index contributed by atoms with van der Waals surface area (Å²) in [6.45, 7) is 3.18. The average molecular weight is 417 g/mol. The molecule has 1 heterocycles. The lowest BCUT2D eigenvalue weighted by Gasteiger charge is -2.18. The summed E-state index contributed by atoms with van der Waals surface area (Å²) in [4.78, 5) is 19.8. The molecule has 0 saturated heterocycles. The van der Waals surface area contributed by atoms with E-state index in [0.717, 1.165) is 30.2 Å². The maximum absolute atomic E-state index is 12.2. The molecule has 0 saturated carbocycles. The molecule has 0 bridgehead atoms. The van der Waals surface area contributed by atoms with Gasteiger partial charge in [-0.1, -0.05) is 17.7 Å². The number of rotatable bonds is 7. The largest absolute Gasteiger partial charge is 0.497 e. The average Bonchev–Trinajstić information content (AvgIpc) is 3.10. The third-order valence-electron chi connectivity index (χ3n) is 4.26. The van der Waals surface area contributed by atoms with Gasteiger partial charge in [0.05, 0.1) is 19.8 Å². The van der Waals surface area contributed by atoms with E-state index in [1.54, 1.807) is 24.1 Å². The Balaban J connectivity index is 1.70. The number of ether oxygens (including phenoxy) is 1. The summed E-state index contributed by atoms with van der Waals surface area (Å²) in [6.07, 6.45) is 0. The summed E-state index contributed by atoms with van der Waals surface area (Å²) in [7, 11) is 3.79. The van der Waals surface area contributed by atoms with Crippen LogP contribution in [0.15, 0.2) is 53.9 Å². The second-order valence-corrected chi connectivity index (χ2v) is 7.89. The van der Waals surface area contributed by atoms with E-state index in [9.17, 15) is 4.79 Å². The van der Waals surface area contributed by atoms with E-state index in [1.807, 2.05) is 29.6 Å². The molecule has 1 amide bonds. The number of carbonyl (C=O) groups excluding carboxylic acids is 1. The van der Waals surface area contributed by atoms with E-state index in [1.165, 1.54) is 28.7 Å². The normalized spacial score (nSPS) is 11.9. The van der Waals surface area contributed by atoms with E-state index in [-0.39, 0.29) is 5.91 Å². The molecule has 0 aliphatic rings. The van der Waals surface area contributed by atoms with Crippen LogP contribution in [0.5, 0.6) is 5.75 Å². The van der Waals surface area contributed by atoms with Gasteiger partial charge in [-0.3, -0.25) is 9.69 Å². The van der Waals surface area contributed by atoms with Crippen LogP contribution in [0.4, 0.5) is 10.8 Å². The van der Waals surface area contributed by atoms with Crippen molar-refractivity contribution in [3.63, 3.8) is 0 Å². The Labute approximate surface area is 174 Å². The van der Waals surface area contributed by atoms with Crippen molar-refractivity contribution in [2.75, 3.05) is 19.1 Å². The van der Waals surface area contributed by atoms with Crippen LogP contribution in [0.1, 0.15) is 18.2 Å². The highest BCUT2D eigenvalue weighted by molar-refractivity contribution is 7.14. The van der Waals surface area contributed by atoms with Crippen molar-refractivity contribution in [3.8, 4) is 5.75 Å². The van der Waals surface area contributed by atoms with Gasteiger partial charge in [0.15, 0.2) is 5.13 Å². The number of thiazole rings is 1. The van der Waals surface area contributed by atoms with E-state index < -0.39 is 0 Å². The standard InChI is InChI=1S/C21H22ClN3O2S/c1-15(26)25(19-6-4-5-17(22)11-19)21-23-18(14-28-21)13-24(2)12-16-7-9-20(27-3)10-8-16/h4-11,14H,12-13H2,1-3H3/p+1. The summed E-state index contributed by atoms with van der Waals surface area (Å²) in [6, 6.07) is 15.3. The minimum atomic E-state index is -0.0953. The molecule has 7 heteroatoms. The molecular weight excluding hydrogens is 394 g/mol. The number of anilines is 2. The molecule has 146 valence electrons. The first-order valence-corrected chi connectivity index (χ1v) is 10.2. The van der Waals surface area contributed by atoms with Crippen LogP contribution in [0, 0.1) is 0 Å². The fraction of sp³-hybridized carbons (Fsp3) is 0.238. The van der Waals surface area contributed by atoms with Crippen molar-refractivity contribution in [1.29, 1.82) is 0 Å². The van der Waals surface area contributed by atoms with Crippen molar-refractivity contribution in [3.05, 3.63) is 70.2 Å². The third kappa shape index (κ3) is 5.10. The Morgan fingerprint density at radius 2 is 1.96 bits per heavy atom. The van der Waals surface area contributed by atoms with E-state index in [0.29, 0.717) is 10.2 Å². The number of carbonyl (C=O) groups is 1. The van der Waals surface area contributed by atoms with Crippen LogP contribution in [-0.4, -0.2) is 25.0 Å². The zero-order valence-corrected chi connectivity index (χ0v) is 17.7. The molecule has 1 N–H and O–H groups in total. The number of nitrogens with zero attached hydrogens (tertiary/aromatic N) is 2. The van der Waals surface area contributed by atoms with Gasteiger partial charge < -0.3 is 9.64 Å². The van der Waals surface area contributed by atoms with Crippen LogP contribution in [0.25, 0.3) is 0 Å². The van der Waals surface area contributed by atoms with Gasteiger partial charge in [-0.15, -0.1) is 11.3 Å². The van der Waals surface area contributed by atoms with Gasteiger partial charge in [-0.25, -0.2) is 4.98 Å². The lowest BCUT2D eigenvalue weighted by atomic mass is 10.2. The number of methoxy groups -OCH3 is 1. The monoisotopic (exact) mass is 416 g/mol. The van der Waals surface area contributed by atoms with Crippen molar-refractivity contribution in [1.82, 2.24) is 4.98 Å². The molecular formula is C21H23ClN3O2S+. The molecule has 0 aliphatic heterocycles. The summed E-state index contributed by atoms with van der Waals surface area (Å²) in [5, 5.41) is 3.25. The smallest absolute Gasteiger partial charge is 0.230 e. The number of hydrogen-bond acceptors (Lipinski definition) is 4. The quantitative estimate of drug-likeness (QED) is 0.638.